The van der Waals surface area contributed by atoms with Crippen LogP contribution in [0.1, 0.15) is 52.3 Å². The van der Waals surface area contributed by atoms with Gasteiger partial charge < -0.3 is 19.7 Å². The van der Waals surface area contributed by atoms with Crippen molar-refractivity contribution in [1.82, 2.24) is 4.90 Å². The number of nitrogens with zero attached hydrogens (tertiary/aromatic N) is 1. The topological polar surface area (TPSA) is 84.9 Å². The molecule has 25 heavy (non-hydrogen) atoms. The normalized spacial score (nSPS) is 16.6. The van der Waals surface area contributed by atoms with Crippen molar-refractivity contribution in [2.24, 2.45) is 0 Å². The lowest BCUT2D eigenvalue weighted by Crippen LogP contribution is -2.30. The first-order valence-corrected chi connectivity index (χ1v) is 9.19. The second-order valence-corrected chi connectivity index (χ2v) is 6.74. The predicted molar refractivity (Wildman–Crippen MR) is 95.3 cm³/mol. The largest absolute Gasteiger partial charge is 0.465 e. The molecule has 2 heterocycles. The van der Waals surface area contributed by atoms with Gasteiger partial charge in [0.15, 0.2) is 0 Å². The summed E-state index contributed by atoms with van der Waals surface area (Å²) in [6, 6.07) is 0. The van der Waals surface area contributed by atoms with Crippen molar-refractivity contribution >= 4 is 34.1 Å². The lowest BCUT2D eigenvalue weighted by Gasteiger charge is -2.17. The molecule has 8 heteroatoms. The Morgan fingerprint density at radius 1 is 1.32 bits per heavy atom. The summed E-state index contributed by atoms with van der Waals surface area (Å²) in [5, 5.41) is 3.08. The number of thiophene rings is 1. The van der Waals surface area contributed by atoms with Gasteiger partial charge in [-0.2, -0.15) is 0 Å². The number of hydrogen-bond donors (Lipinski definition) is 1. The van der Waals surface area contributed by atoms with E-state index in [-0.39, 0.29) is 17.4 Å². The number of carbonyl (C=O) groups is 3. The minimum Gasteiger partial charge on any atom is -0.465 e. The van der Waals surface area contributed by atoms with Crippen LogP contribution in [-0.2, 0) is 14.3 Å². The quantitative estimate of drug-likeness (QED) is 0.780. The zero-order valence-corrected chi connectivity index (χ0v) is 15.8. The van der Waals surface area contributed by atoms with Crippen molar-refractivity contribution in [2.45, 2.75) is 39.7 Å². The molecule has 2 amide bonds. The maximum Gasteiger partial charge on any atom is 0.341 e. The van der Waals surface area contributed by atoms with E-state index in [1.165, 1.54) is 7.11 Å². The molecule has 0 radical (unpaired) electrons. The van der Waals surface area contributed by atoms with Gasteiger partial charge in [-0.15, -0.1) is 11.3 Å². The molecule has 0 spiro atoms. The van der Waals surface area contributed by atoms with Crippen LogP contribution in [0.4, 0.5) is 5.00 Å². The molecule has 138 valence electrons. The predicted octanol–water partition coefficient (Wildman–Crippen LogP) is 2.44. The van der Waals surface area contributed by atoms with E-state index in [1.54, 1.807) is 11.8 Å². The third-order valence-electron chi connectivity index (χ3n) is 4.24. The van der Waals surface area contributed by atoms with Gasteiger partial charge >= 0.3 is 5.97 Å². The fraction of sp³-hybridized carbons (Fsp3) is 0.588. The van der Waals surface area contributed by atoms with E-state index < -0.39 is 12.1 Å². The van der Waals surface area contributed by atoms with Gasteiger partial charge in [0.2, 0.25) is 0 Å². The summed E-state index contributed by atoms with van der Waals surface area (Å²) >= 11 is 1.10. The summed E-state index contributed by atoms with van der Waals surface area (Å²) in [7, 11) is 1.27. The molecular weight excluding hydrogens is 344 g/mol. The number of nitrogens with one attached hydrogen (secondary N) is 1. The maximum atomic E-state index is 12.7. The number of methoxy groups -OCH3 is 1. The van der Waals surface area contributed by atoms with E-state index in [9.17, 15) is 14.4 Å². The van der Waals surface area contributed by atoms with Crippen molar-refractivity contribution in [3.05, 3.63) is 16.0 Å². The van der Waals surface area contributed by atoms with Gasteiger partial charge in [-0.25, -0.2) is 4.79 Å². The number of anilines is 1. The SMILES string of the molecule is CCN(CC)C(=O)c1sc(NC(=O)[C@@H]2CCCO2)c(C(=O)OC)c1C. The minimum atomic E-state index is -0.574. The molecule has 1 saturated heterocycles. The van der Waals surface area contributed by atoms with E-state index in [2.05, 4.69) is 5.32 Å². The Hall–Kier alpha value is -1.93. The molecule has 1 fully saturated rings. The smallest absolute Gasteiger partial charge is 0.341 e. The van der Waals surface area contributed by atoms with Crippen LogP contribution in [0, 0.1) is 6.92 Å². The van der Waals surface area contributed by atoms with Crippen LogP contribution < -0.4 is 5.32 Å². The van der Waals surface area contributed by atoms with Crippen LogP contribution in [0.3, 0.4) is 0 Å². The van der Waals surface area contributed by atoms with Gasteiger partial charge in [0.25, 0.3) is 11.8 Å². The van der Waals surface area contributed by atoms with Gasteiger partial charge in [-0.3, -0.25) is 9.59 Å². The van der Waals surface area contributed by atoms with E-state index in [4.69, 9.17) is 9.47 Å². The molecule has 1 aromatic heterocycles. The number of rotatable bonds is 6. The van der Waals surface area contributed by atoms with E-state index >= 15 is 0 Å². The fourth-order valence-electron chi connectivity index (χ4n) is 2.78. The van der Waals surface area contributed by atoms with Gasteiger partial charge in [0, 0.05) is 19.7 Å². The number of amides is 2. The van der Waals surface area contributed by atoms with E-state index in [1.807, 2.05) is 13.8 Å². The number of esters is 1. The monoisotopic (exact) mass is 368 g/mol. The molecule has 0 unspecified atom stereocenters. The van der Waals surface area contributed by atoms with Gasteiger partial charge in [0.05, 0.1) is 17.6 Å². The highest BCUT2D eigenvalue weighted by molar-refractivity contribution is 7.18. The second kappa shape index (κ2) is 8.44. The first-order chi connectivity index (χ1) is 11.9. The number of hydrogen-bond acceptors (Lipinski definition) is 6. The highest BCUT2D eigenvalue weighted by Crippen LogP contribution is 2.35. The average molecular weight is 368 g/mol. The maximum absolute atomic E-state index is 12.7. The molecular formula is C17H24N2O5S. The van der Waals surface area contributed by atoms with Crippen molar-refractivity contribution in [3.8, 4) is 0 Å². The Bertz CT molecular complexity index is 660. The Morgan fingerprint density at radius 2 is 2.00 bits per heavy atom. The fourth-order valence-corrected chi connectivity index (χ4v) is 3.95. The van der Waals surface area contributed by atoms with Crippen LogP contribution in [-0.4, -0.2) is 55.6 Å². The van der Waals surface area contributed by atoms with Crippen LogP contribution in [0.5, 0.6) is 0 Å². The summed E-state index contributed by atoms with van der Waals surface area (Å²) < 4.78 is 10.2. The standard InChI is InChI=1S/C17H24N2O5S/c1-5-19(6-2)16(21)13-10(3)12(17(22)23-4)15(25-13)18-14(20)11-8-7-9-24-11/h11H,5-9H2,1-4H3,(H,18,20)/t11-/m0/s1. The van der Waals surface area contributed by atoms with Crippen LogP contribution in [0.25, 0.3) is 0 Å². The first-order valence-electron chi connectivity index (χ1n) is 8.37. The summed E-state index contributed by atoms with van der Waals surface area (Å²) in [6.07, 6.45) is 0.960. The Labute approximate surface area is 151 Å². The number of ether oxygens (including phenoxy) is 2. The zero-order valence-electron chi connectivity index (χ0n) is 15.0. The molecule has 1 N–H and O–H groups in total. The average Bonchev–Trinajstić information content (AvgIpc) is 3.23. The molecule has 7 nitrogen and oxygen atoms in total. The molecule has 0 aromatic carbocycles. The van der Waals surface area contributed by atoms with Crippen molar-refractivity contribution in [3.63, 3.8) is 0 Å². The highest BCUT2D eigenvalue weighted by atomic mass is 32.1. The van der Waals surface area contributed by atoms with E-state index in [0.717, 1.165) is 17.8 Å². The van der Waals surface area contributed by atoms with Crippen molar-refractivity contribution < 1.29 is 23.9 Å². The minimum absolute atomic E-state index is 0.157. The third-order valence-corrected chi connectivity index (χ3v) is 5.44. The Morgan fingerprint density at radius 3 is 2.52 bits per heavy atom. The van der Waals surface area contributed by atoms with Crippen LogP contribution in [0.15, 0.2) is 0 Å². The molecule has 1 aromatic rings. The van der Waals surface area contributed by atoms with Crippen molar-refractivity contribution in [1.29, 1.82) is 0 Å². The highest BCUT2D eigenvalue weighted by Gasteiger charge is 2.30. The third kappa shape index (κ3) is 4.01. The molecule has 1 aliphatic rings. The number of carbonyl (C=O) groups excluding carboxylic acids is 3. The second-order valence-electron chi connectivity index (χ2n) is 5.72. The summed E-state index contributed by atoms with van der Waals surface area (Å²) in [5.74, 6) is -1.03. The summed E-state index contributed by atoms with van der Waals surface area (Å²) in [6.45, 7) is 7.17. The molecule has 0 aliphatic carbocycles. The molecule has 1 aliphatic heterocycles. The molecule has 2 rings (SSSR count). The van der Waals surface area contributed by atoms with Crippen LogP contribution in [0.2, 0.25) is 0 Å². The Balaban J connectivity index is 2.37. The van der Waals surface area contributed by atoms with Gasteiger partial charge in [-0.1, -0.05) is 0 Å². The van der Waals surface area contributed by atoms with E-state index in [0.29, 0.717) is 41.6 Å². The van der Waals surface area contributed by atoms with Gasteiger partial charge in [0.1, 0.15) is 11.1 Å². The first kappa shape index (κ1) is 19.4. The molecule has 1 atom stereocenters. The molecule has 0 saturated carbocycles. The van der Waals surface area contributed by atoms with Crippen molar-refractivity contribution in [2.75, 3.05) is 32.1 Å². The zero-order chi connectivity index (χ0) is 18.6. The lowest BCUT2D eigenvalue weighted by atomic mass is 10.1. The summed E-state index contributed by atoms with van der Waals surface area (Å²) in [5.41, 5.74) is 0.755. The summed E-state index contributed by atoms with van der Waals surface area (Å²) in [4.78, 5) is 39.3. The lowest BCUT2D eigenvalue weighted by molar-refractivity contribution is -0.124. The van der Waals surface area contributed by atoms with Crippen LogP contribution >= 0.6 is 11.3 Å². The molecule has 0 bridgehead atoms. The Kier molecular flexibility index (Phi) is 6.55. The van der Waals surface area contributed by atoms with Gasteiger partial charge in [-0.05, 0) is 39.2 Å².